The molecule has 1 rings (SSSR count). The molecule has 0 saturated carbocycles. The van der Waals surface area contributed by atoms with Crippen LogP contribution in [0.2, 0.25) is 0 Å². The van der Waals surface area contributed by atoms with Gasteiger partial charge in [-0.05, 0) is 42.2 Å². The van der Waals surface area contributed by atoms with Crippen molar-refractivity contribution >= 4 is 6.08 Å². The Hall–Kier alpha value is -1.46. The van der Waals surface area contributed by atoms with E-state index in [2.05, 4.69) is 31.4 Å². The van der Waals surface area contributed by atoms with Crippen molar-refractivity contribution in [2.24, 2.45) is 0 Å². The molecule has 97 valence electrons. The molecular weight excluding hydrogens is 220 g/mol. The predicted octanol–water partition coefficient (Wildman–Crippen LogP) is 4.81. The molecular formula is C17H23O. The average Bonchev–Trinajstić information content (AvgIpc) is 2.40. The van der Waals surface area contributed by atoms with E-state index in [0.29, 0.717) is 0 Å². The van der Waals surface area contributed by atoms with Crippen molar-refractivity contribution in [1.29, 1.82) is 0 Å². The summed E-state index contributed by atoms with van der Waals surface area (Å²) in [5.74, 6) is 0.805. The summed E-state index contributed by atoms with van der Waals surface area (Å²) in [6.45, 7) is 5.88. The topological polar surface area (TPSA) is 9.23 Å². The Morgan fingerprint density at radius 1 is 1.33 bits per heavy atom. The fraction of sp³-hybridized carbons (Fsp3) is 0.471. The van der Waals surface area contributed by atoms with Gasteiger partial charge in [0.25, 0.3) is 0 Å². The second-order valence-electron chi connectivity index (χ2n) is 4.49. The third-order valence-corrected chi connectivity index (χ3v) is 3.07. The van der Waals surface area contributed by atoms with Crippen LogP contribution in [0.3, 0.4) is 0 Å². The van der Waals surface area contributed by atoms with E-state index in [9.17, 15) is 0 Å². The Labute approximate surface area is 111 Å². The van der Waals surface area contributed by atoms with Gasteiger partial charge >= 0.3 is 0 Å². The summed E-state index contributed by atoms with van der Waals surface area (Å²) >= 11 is 0. The molecule has 1 heteroatoms. The van der Waals surface area contributed by atoms with Crippen LogP contribution in [-0.2, 0) is 6.42 Å². The highest BCUT2D eigenvalue weighted by atomic mass is 16.5. The summed E-state index contributed by atoms with van der Waals surface area (Å²) in [5.41, 5.74) is 5.29. The van der Waals surface area contributed by atoms with E-state index >= 15 is 0 Å². The highest BCUT2D eigenvalue weighted by molar-refractivity contribution is 5.54. The third-order valence-electron chi connectivity index (χ3n) is 3.07. The Morgan fingerprint density at radius 3 is 2.78 bits per heavy atom. The number of unbranched alkanes of at least 4 members (excludes halogenated alkanes) is 4. The van der Waals surface area contributed by atoms with Crippen LogP contribution in [0.5, 0.6) is 5.75 Å². The zero-order valence-corrected chi connectivity index (χ0v) is 11.6. The molecule has 0 aliphatic heterocycles. The Kier molecular flexibility index (Phi) is 6.98. The van der Waals surface area contributed by atoms with Crippen molar-refractivity contribution < 1.29 is 4.74 Å². The first-order valence-electron chi connectivity index (χ1n) is 6.76. The van der Waals surface area contributed by atoms with Crippen molar-refractivity contribution in [3.05, 3.63) is 41.6 Å². The first-order valence-corrected chi connectivity index (χ1v) is 6.76. The second-order valence-corrected chi connectivity index (χ2v) is 4.49. The van der Waals surface area contributed by atoms with Gasteiger partial charge in [0.05, 0.1) is 7.11 Å². The lowest BCUT2D eigenvalue weighted by Gasteiger charge is -2.08. The van der Waals surface area contributed by atoms with Gasteiger partial charge in [-0.2, -0.15) is 0 Å². The van der Waals surface area contributed by atoms with Gasteiger partial charge in [-0.15, -0.1) is 5.73 Å². The Balaban J connectivity index is 2.62. The monoisotopic (exact) mass is 243 g/mol. The summed E-state index contributed by atoms with van der Waals surface area (Å²) in [7, 11) is 1.68. The quantitative estimate of drug-likeness (QED) is 0.470. The molecule has 0 aromatic heterocycles. The molecule has 0 fully saturated rings. The van der Waals surface area contributed by atoms with E-state index in [1.165, 1.54) is 37.7 Å². The molecule has 0 amide bonds. The van der Waals surface area contributed by atoms with Gasteiger partial charge in [0.1, 0.15) is 5.75 Å². The number of benzene rings is 1. The number of ether oxygens (including phenoxy) is 1. The molecule has 1 radical (unpaired) electrons. The average molecular weight is 243 g/mol. The number of hydrogen-bond donors (Lipinski definition) is 0. The van der Waals surface area contributed by atoms with Gasteiger partial charge in [-0.1, -0.05) is 39.2 Å². The number of aryl methyl sites for hydroxylation is 1. The lowest BCUT2D eigenvalue weighted by atomic mass is 10.00. The maximum atomic E-state index is 5.23. The first kappa shape index (κ1) is 14.6. The normalized spacial score (nSPS) is 9.89. The Bertz CT molecular complexity index is 400. The van der Waals surface area contributed by atoms with Crippen molar-refractivity contribution in [3.63, 3.8) is 0 Å². The van der Waals surface area contributed by atoms with Gasteiger partial charge in [0, 0.05) is 6.07 Å². The molecule has 1 aromatic rings. The minimum Gasteiger partial charge on any atom is -0.496 e. The van der Waals surface area contributed by atoms with Crippen LogP contribution >= 0.6 is 0 Å². The smallest absolute Gasteiger partial charge is 0.127 e. The molecule has 0 spiro atoms. The fourth-order valence-electron chi connectivity index (χ4n) is 2.02. The molecule has 0 atom stereocenters. The molecule has 0 aliphatic carbocycles. The maximum Gasteiger partial charge on any atom is 0.127 e. The standard InChI is InChI=1S/C17H23O/c1-4-6-7-8-9-11-16-14-17(18-3)13-12-15(16)10-5-2/h10,12,14H,2,4,6-9,11H2,1,3H3. The lowest BCUT2D eigenvalue weighted by molar-refractivity contribution is 0.413. The largest absolute Gasteiger partial charge is 0.496 e. The lowest BCUT2D eigenvalue weighted by Crippen LogP contribution is -1.93. The molecule has 0 saturated heterocycles. The van der Waals surface area contributed by atoms with Crippen LogP contribution in [0.25, 0.3) is 6.08 Å². The molecule has 0 N–H and O–H groups in total. The van der Waals surface area contributed by atoms with E-state index in [1.54, 1.807) is 7.11 Å². The number of rotatable bonds is 8. The summed E-state index contributed by atoms with van der Waals surface area (Å²) in [4.78, 5) is 0. The molecule has 18 heavy (non-hydrogen) atoms. The summed E-state index contributed by atoms with van der Waals surface area (Å²) in [5, 5.41) is 0. The minimum absolute atomic E-state index is 0.805. The zero-order chi connectivity index (χ0) is 13.2. The van der Waals surface area contributed by atoms with E-state index < -0.39 is 0 Å². The summed E-state index contributed by atoms with van der Waals surface area (Å²) in [6, 6.07) is 7.13. The molecule has 1 aromatic carbocycles. The summed E-state index contributed by atoms with van der Waals surface area (Å²) < 4.78 is 5.23. The molecule has 0 aliphatic rings. The van der Waals surface area contributed by atoms with Gasteiger partial charge < -0.3 is 4.74 Å². The predicted molar refractivity (Wildman–Crippen MR) is 77.9 cm³/mol. The van der Waals surface area contributed by atoms with Crippen molar-refractivity contribution in [3.8, 4) is 5.75 Å². The van der Waals surface area contributed by atoms with E-state index in [-0.39, 0.29) is 0 Å². The minimum atomic E-state index is 0.805. The molecule has 0 heterocycles. The van der Waals surface area contributed by atoms with E-state index in [0.717, 1.165) is 17.7 Å². The van der Waals surface area contributed by atoms with Crippen LogP contribution in [-0.4, -0.2) is 7.11 Å². The number of hydrogen-bond acceptors (Lipinski definition) is 1. The molecule has 0 unspecified atom stereocenters. The summed E-state index contributed by atoms with van der Waals surface area (Å²) in [6.07, 6.45) is 9.49. The highest BCUT2D eigenvalue weighted by Crippen LogP contribution is 2.20. The van der Waals surface area contributed by atoms with Crippen LogP contribution in [0.4, 0.5) is 0 Å². The number of methoxy groups -OCH3 is 1. The van der Waals surface area contributed by atoms with Gasteiger partial charge in [0.15, 0.2) is 0 Å². The maximum absolute atomic E-state index is 5.23. The second kappa shape index (κ2) is 8.60. The van der Waals surface area contributed by atoms with Crippen molar-refractivity contribution in [1.82, 2.24) is 0 Å². The zero-order valence-electron chi connectivity index (χ0n) is 11.6. The van der Waals surface area contributed by atoms with Crippen LogP contribution in [0, 0.1) is 6.07 Å². The Morgan fingerprint density at radius 2 is 2.11 bits per heavy atom. The van der Waals surface area contributed by atoms with Gasteiger partial charge in [0.2, 0.25) is 0 Å². The van der Waals surface area contributed by atoms with E-state index in [1.807, 2.05) is 12.1 Å². The van der Waals surface area contributed by atoms with Crippen LogP contribution in [0.15, 0.2) is 24.4 Å². The van der Waals surface area contributed by atoms with Gasteiger partial charge in [-0.3, -0.25) is 0 Å². The van der Waals surface area contributed by atoms with Crippen LogP contribution < -0.4 is 4.74 Å². The van der Waals surface area contributed by atoms with Gasteiger partial charge in [-0.25, -0.2) is 0 Å². The van der Waals surface area contributed by atoms with Crippen LogP contribution in [0.1, 0.15) is 50.2 Å². The fourth-order valence-corrected chi connectivity index (χ4v) is 2.02. The SMILES string of the molecule is C=C=Cc1c[c]c(OC)cc1CCCCCCC. The third kappa shape index (κ3) is 4.81. The van der Waals surface area contributed by atoms with Crippen molar-refractivity contribution in [2.75, 3.05) is 7.11 Å². The molecule has 1 nitrogen and oxygen atoms in total. The highest BCUT2D eigenvalue weighted by Gasteiger charge is 2.02. The van der Waals surface area contributed by atoms with Crippen molar-refractivity contribution in [2.45, 2.75) is 45.4 Å². The first-order chi connectivity index (χ1) is 8.81. The van der Waals surface area contributed by atoms with E-state index in [4.69, 9.17) is 4.74 Å². The molecule has 0 bridgehead atoms.